The number of nitrogens with zero attached hydrogens (tertiary/aromatic N) is 3. The lowest BCUT2D eigenvalue weighted by Gasteiger charge is -2.15. The molecule has 0 amide bonds. The van der Waals surface area contributed by atoms with Gasteiger partial charge in [0.2, 0.25) is 0 Å². The Kier molecular flexibility index (Phi) is 3.67. The van der Waals surface area contributed by atoms with Crippen molar-refractivity contribution >= 4 is 22.6 Å². The maximum Gasteiger partial charge on any atom is 0.127 e. The first-order valence-corrected chi connectivity index (χ1v) is 7.67. The second-order valence-corrected chi connectivity index (χ2v) is 6.29. The summed E-state index contributed by atoms with van der Waals surface area (Å²) in [7, 11) is 0. The van der Waals surface area contributed by atoms with Crippen molar-refractivity contribution in [3.63, 3.8) is 0 Å². The van der Waals surface area contributed by atoms with Gasteiger partial charge < -0.3 is 4.57 Å². The molecule has 1 unspecified atom stereocenters. The fourth-order valence-electron chi connectivity index (χ4n) is 3.20. The van der Waals surface area contributed by atoms with Crippen LogP contribution in [0.3, 0.4) is 0 Å². The van der Waals surface area contributed by atoms with E-state index in [0.717, 1.165) is 23.4 Å². The van der Waals surface area contributed by atoms with E-state index in [-0.39, 0.29) is 5.38 Å². The Morgan fingerprint density at radius 1 is 1.45 bits per heavy atom. The standard InChI is InChI=1S/C16H18ClN3/c1-11(17)16-19-15-13(9-18)7-4-8-14(15)20(16)10-12-5-2-3-6-12/h4,7-8,11-12H,2-3,5-6,10H2,1H3. The minimum atomic E-state index is -0.143. The Hall–Kier alpha value is -1.53. The largest absolute Gasteiger partial charge is 0.326 e. The smallest absolute Gasteiger partial charge is 0.127 e. The number of alkyl halides is 1. The molecule has 0 bridgehead atoms. The zero-order valence-electron chi connectivity index (χ0n) is 11.6. The lowest BCUT2D eigenvalue weighted by atomic mass is 10.1. The lowest BCUT2D eigenvalue weighted by molar-refractivity contribution is 0.454. The summed E-state index contributed by atoms with van der Waals surface area (Å²) < 4.78 is 2.23. The molecule has 1 heterocycles. The number of aromatic nitrogens is 2. The Morgan fingerprint density at radius 3 is 2.85 bits per heavy atom. The zero-order chi connectivity index (χ0) is 14.1. The topological polar surface area (TPSA) is 41.6 Å². The van der Waals surface area contributed by atoms with Crippen molar-refractivity contribution in [1.82, 2.24) is 9.55 Å². The third-order valence-electron chi connectivity index (χ3n) is 4.20. The van der Waals surface area contributed by atoms with Gasteiger partial charge in [-0.15, -0.1) is 11.6 Å². The molecule has 20 heavy (non-hydrogen) atoms. The average Bonchev–Trinajstić information content (AvgIpc) is 3.07. The highest BCUT2D eigenvalue weighted by Gasteiger charge is 2.21. The van der Waals surface area contributed by atoms with Gasteiger partial charge in [0, 0.05) is 6.54 Å². The molecule has 0 N–H and O–H groups in total. The van der Waals surface area contributed by atoms with E-state index in [1.807, 2.05) is 25.1 Å². The first-order valence-electron chi connectivity index (χ1n) is 7.24. The highest BCUT2D eigenvalue weighted by molar-refractivity contribution is 6.20. The van der Waals surface area contributed by atoms with Gasteiger partial charge in [0.05, 0.1) is 16.5 Å². The van der Waals surface area contributed by atoms with Crippen LogP contribution in [0.1, 0.15) is 49.4 Å². The number of fused-ring (bicyclic) bond motifs is 1. The average molecular weight is 288 g/mol. The van der Waals surface area contributed by atoms with E-state index in [4.69, 9.17) is 11.6 Å². The summed E-state index contributed by atoms with van der Waals surface area (Å²) in [5, 5.41) is 9.08. The van der Waals surface area contributed by atoms with Gasteiger partial charge in [-0.3, -0.25) is 0 Å². The Labute approximate surface area is 124 Å². The number of nitriles is 1. The molecule has 0 radical (unpaired) electrons. The summed E-state index contributed by atoms with van der Waals surface area (Å²) in [6, 6.07) is 8.01. The van der Waals surface area contributed by atoms with E-state index in [0.29, 0.717) is 11.5 Å². The van der Waals surface area contributed by atoms with Crippen LogP contribution in [0.25, 0.3) is 11.0 Å². The van der Waals surface area contributed by atoms with Crippen LogP contribution in [-0.4, -0.2) is 9.55 Å². The molecule has 1 saturated carbocycles. The van der Waals surface area contributed by atoms with Gasteiger partial charge in [0.1, 0.15) is 17.4 Å². The molecule has 0 spiro atoms. The molecule has 2 aromatic rings. The Bertz CT molecular complexity index is 660. The maximum atomic E-state index is 9.23. The van der Waals surface area contributed by atoms with Crippen LogP contribution in [0.15, 0.2) is 18.2 Å². The number of para-hydroxylation sites is 1. The highest BCUT2D eigenvalue weighted by atomic mass is 35.5. The van der Waals surface area contributed by atoms with E-state index in [1.54, 1.807) is 0 Å². The van der Waals surface area contributed by atoms with Crippen LogP contribution in [0.4, 0.5) is 0 Å². The van der Waals surface area contributed by atoms with Crippen LogP contribution in [0, 0.1) is 17.2 Å². The van der Waals surface area contributed by atoms with Crippen molar-refractivity contribution in [3.8, 4) is 6.07 Å². The second-order valence-electron chi connectivity index (χ2n) is 5.63. The third-order valence-corrected chi connectivity index (χ3v) is 4.40. The van der Waals surface area contributed by atoms with Gasteiger partial charge >= 0.3 is 0 Å². The van der Waals surface area contributed by atoms with Crippen LogP contribution in [-0.2, 0) is 6.54 Å². The van der Waals surface area contributed by atoms with Crippen LogP contribution >= 0.6 is 11.6 Å². The molecule has 1 aromatic heterocycles. The van der Waals surface area contributed by atoms with Crippen molar-refractivity contribution in [1.29, 1.82) is 5.26 Å². The molecule has 0 saturated heterocycles. The molecule has 1 aliphatic carbocycles. The van der Waals surface area contributed by atoms with Crippen molar-refractivity contribution < 1.29 is 0 Å². The van der Waals surface area contributed by atoms with Gasteiger partial charge in [-0.05, 0) is 37.8 Å². The van der Waals surface area contributed by atoms with E-state index >= 15 is 0 Å². The quantitative estimate of drug-likeness (QED) is 0.785. The predicted octanol–water partition coefficient (Wildman–Crippen LogP) is 4.40. The van der Waals surface area contributed by atoms with Crippen molar-refractivity contribution in [2.24, 2.45) is 5.92 Å². The van der Waals surface area contributed by atoms with Gasteiger partial charge in [0.15, 0.2) is 0 Å². The van der Waals surface area contributed by atoms with Crippen LogP contribution < -0.4 is 0 Å². The van der Waals surface area contributed by atoms with Gasteiger partial charge in [-0.1, -0.05) is 18.9 Å². The number of hydrogen-bond acceptors (Lipinski definition) is 2. The maximum absolute atomic E-state index is 9.23. The molecule has 3 rings (SSSR count). The molecule has 1 atom stereocenters. The fraction of sp³-hybridized carbons (Fsp3) is 0.500. The highest BCUT2D eigenvalue weighted by Crippen LogP contribution is 2.31. The van der Waals surface area contributed by atoms with Crippen LogP contribution in [0.2, 0.25) is 0 Å². The van der Waals surface area contributed by atoms with Crippen LogP contribution in [0.5, 0.6) is 0 Å². The molecular weight excluding hydrogens is 270 g/mol. The molecule has 1 aromatic carbocycles. The summed E-state index contributed by atoms with van der Waals surface area (Å²) in [6.45, 7) is 2.91. The number of imidazole rings is 1. The number of rotatable bonds is 3. The van der Waals surface area contributed by atoms with E-state index in [1.165, 1.54) is 25.7 Å². The van der Waals surface area contributed by atoms with Gasteiger partial charge in [-0.25, -0.2) is 4.98 Å². The SMILES string of the molecule is CC(Cl)c1nc2c(C#N)cccc2n1CC1CCCC1. The molecule has 1 aliphatic rings. The molecule has 1 fully saturated rings. The predicted molar refractivity (Wildman–Crippen MR) is 80.7 cm³/mol. The third kappa shape index (κ3) is 2.29. The summed E-state index contributed by atoms with van der Waals surface area (Å²) >= 11 is 6.29. The van der Waals surface area contributed by atoms with Gasteiger partial charge in [-0.2, -0.15) is 5.26 Å². The minimum Gasteiger partial charge on any atom is -0.326 e. The van der Waals surface area contributed by atoms with Gasteiger partial charge in [0.25, 0.3) is 0 Å². The molecule has 3 nitrogen and oxygen atoms in total. The molecule has 4 heteroatoms. The second kappa shape index (κ2) is 5.46. The Balaban J connectivity index is 2.12. The van der Waals surface area contributed by atoms with Crippen molar-refractivity contribution in [3.05, 3.63) is 29.6 Å². The van der Waals surface area contributed by atoms with E-state index in [2.05, 4.69) is 15.6 Å². The molecule has 0 aliphatic heterocycles. The first kappa shape index (κ1) is 13.5. The zero-order valence-corrected chi connectivity index (χ0v) is 12.4. The molecule has 104 valence electrons. The normalized spacial score (nSPS) is 17.4. The summed E-state index contributed by atoms with van der Waals surface area (Å²) in [6.07, 6.45) is 5.22. The number of halogens is 1. The fourth-order valence-corrected chi connectivity index (χ4v) is 3.37. The summed E-state index contributed by atoms with van der Waals surface area (Å²) in [5.74, 6) is 1.60. The van der Waals surface area contributed by atoms with Crippen molar-refractivity contribution in [2.45, 2.75) is 44.5 Å². The Morgan fingerprint density at radius 2 is 2.20 bits per heavy atom. The van der Waals surface area contributed by atoms with Crippen molar-refractivity contribution in [2.75, 3.05) is 0 Å². The van der Waals surface area contributed by atoms with E-state index in [9.17, 15) is 5.26 Å². The monoisotopic (exact) mass is 287 g/mol. The minimum absolute atomic E-state index is 0.143. The number of benzene rings is 1. The van der Waals surface area contributed by atoms with E-state index < -0.39 is 0 Å². The molecular formula is C16H18ClN3. The first-order chi connectivity index (χ1) is 9.70. The summed E-state index contributed by atoms with van der Waals surface area (Å²) in [5.41, 5.74) is 2.46. The lowest BCUT2D eigenvalue weighted by Crippen LogP contribution is -2.11. The summed E-state index contributed by atoms with van der Waals surface area (Å²) in [4.78, 5) is 4.63. The number of hydrogen-bond donors (Lipinski definition) is 0.